The Morgan fingerprint density at radius 1 is 1.24 bits per heavy atom. The molecule has 0 spiro atoms. The zero-order valence-corrected chi connectivity index (χ0v) is 20.4. The van der Waals surface area contributed by atoms with E-state index in [4.69, 9.17) is 16.2 Å². The Balaban J connectivity index is 1.67. The smallest absolute Gasteiger partial charge is 0.276 e. The Hall–Kier alpha value is -3.86. The molecule has 1 aromatic carbocycles. The number of nitrogen functional groups attached to an aromatic ring is 1. The predicted molar refractivity (Wildman–Crippen MR) is 136 cm³/mol. The van der Waals surface area contributed by atoms with Crippen molar-refractivity contribution in [2.45, 2.75) is 38.6 Å². The van der Waals surface area contributed by atoms with Gasteiger partial charge in [-0.15, -0.1) is 0 Å². The first-order valence-electron chi connectivity index (χ1n) is 12.1. The van der Waals surface area contributed by atoms with Gasteiger partial charge in [-0.1, -0.05) is 13.3 Å². The van der Waals surface area contributed by atoms with Crippen LogP contribution in [-0.2, 0) is 0 Å². The SMILES string of the molecule is CCCCOc1ccc(F)c(-c2nc(C(=O)Nc3cnccc3N3CCCC(N)C3)c(N)cc2F)c1F. The van der Waals surface area contributed by atoms with Crippen LogP contribution in [0.5, 0.6) is 5.75 Å². The van der Waals surface area contributed by atoms with Crippen molar-refractivity contribution in [3.8, 4) is 17.0 Å². The summed E-state index contributed by atoms with van der Waals surface area (Å²) in [6.07, 6.45) is 6.32. The summed E-state index contributed by atoms with van der Waals surface area (Å²) in [6, 6.07) is 4.64. The quantitative estimate of drug-likeness (QED) is 0.379. The van der Waals surface area contributed by atoms with E-state index in [2.05, 4.69) is 15.3 Å². The number of unbranched alkanes of at least 4 members (excludes halogenated alkanes) is 1. The number of halogens is 3. The van der Waals surface area contributed by atoms with Gasteiger partial charge in [0.15, 0.2) is 23.1 Å². The van der Waals surface area contributed by atoms with Gasteiger partial charge in [-0.25, -0.2) is 18.2 Å². The largest absolute Gasteiger partial charge is 0.490 e. The van der Waals surface area contributed by atoms with Gasteiger partial charge in [0.05, 0.1) is 35.4 Å². The number of carbonyl (C=O) groups excluding carboxylic acids is 1. The summed E-state index contributed by atoms with van der Waals surface area (Å²) in [4.78, 5) is 23.2. The molecule has 11 heteroatoms. The van der Waals surface area contributed by atoms with E-state index < -0.39 is 40.3 Å². The zero-order chi connectivity index (χ0) is 26.5. The van der Waals surface area contributed by atoms with Gasteiger partial charge in [-0.2, -0.15) is 0 Å². The topological polar surface area (TPSA) is 119 Å². The van der Waals surface area contributed by atoms with Crippen molar-refractivity contribution in [2.24, 2.45) is 5.73 Å². The molecule has 1 saturated heterocycles. The van der Waals surface area contributed by atoms with Gasteiger partial charge >= 0.3 is 0 Å². The minimum atomic E-state index is -1.12. The monoisotopic (exact) mass is 514 g/mol. The number of hydrogen-bond donors (Lipinski definition) is 3. The fourth-order valence-electron chi connectivity index (χ4n) is 4.22. The van der Waals surface area contributed by atoms with E-state index in [1.165, 1.54) is 6.20 Å². The Bertz CT molecular complexity index is 1290. The highest BCUT2D eigenvalue weighted by Gasteiger charge is 2.26. The molecule has 3 aromatic rings. The van der Waals surface area contributed by atoms with E-state index in [-0.39, 0.29) is 24.1 Å². The molecule has 0 aliphatic carbocycles. The number of nitrogens with one attached hydrogen (secondary N) is 1. The molecular formula is C26H29F3N6O2. The summed E-state index contributed by atoms with van der Waals surface area (Å²) >= 11 is 0. The molecule has 8 nitrogen and oxygen atoms in total. The summed E-state index contributed by atoms with van der Waals surface area (Å²) in [5.74, 6) is -4.28. The molecule has 0 saturated carbocycles. The standard InChI is InChI=1S/C26H29F3N6O2/c1-2-3-11-37-21-7-6-16(27)22(23(21)29)24-17(28)12-18(31)25(34-24)26(36)33-19-13-32-9-8-20(19)35-10-4-5-15(30)14-35/h6-9,12-13,15H,2-5,10-11,14,30-31H2,1H3,(H,33,36). The molecule has 1 fully saturated rings. The van der Waals surface area contributed by atoms with Gasteiger partial charge in [0.25, 0.3) is 5.91 Å². The second kappa shape index (κ2) is 11.5. The van der Waals surface area contributed by atoms with Crippen LogP contribution in [0.2, 0.25) is 0 Å². The number of hydrogen-bond acceptors (Lipinski definition) is 7. The summed E-state index contributed by atoms with van der Waals surface area (Å²) in [7, 11) is 0. The Morgan fingerprint density at radius 3 is 2.81 bits per heavy atom. The number of carbonyl (C=O) groups is 1. The zero-order valence-electron chi connectivity index (χ0n) is 20.4. The Morgan fingerprint density at radius 2 is 2.05 bits per heavy atom. The number of nitrogens with zero attached hydrogens (tertiary/aromatic N) is 3. The fraction of sp³-hybridized carbons (Fsp3) is 0.346. The van der Waals surface area contributed by atoms with Gasteiger partial charge < -0.3 is 26.4 Å². The predicted octanol–water partition coefficient (Wildman–Crippen LogP) is 4.50. The molecule has 1 aliphatic rings. The molecule has 5 N–H and O–H groups in total. The molecule has 3 heterocycles. The molecule has 37 heavy (non-hydrogen) atoms. The van der Waals surface area contributed by atoms with Crippen molar-refractivity contribution < 1.29 is 22.7 Å². The third kappa shape index (κ3) is 5.77. The average molecular weight is 515 g/mol. The van der Waals surface area contributed by atoms with Crippen LogP contribution in [0.25, 0.3) is 11.3 Å². The lowest BCUT2D eigenvalue weighted by Crippen LogP contribution is -2.43. The Labute approximate surface area is 212 Å². The van der Waals surface area contributed by atoms with Crippen molar-refractivity contribution >= 4 is 23.0 Å². The van der Waals surface area contributed by atoms with Crippen LogP contribution in [0.15, 0.2) is 36.7 Å². The molecule has 2 aromatic heterocycles. The first-order valence-corrected chi connectivity index (χ1v) is 12.1. The van der Waals surface area contributed by atoms with Crippen LogP contribution in [-0.4, -0.2) is 41.6 Å². The van der Waals surface area contributed by atoms with Gasteiger partial charge in [-0.05, 0) is 37.5 Å². The minimum absolute atomic E-state index is 0.00561. The van der Waals surface area contributed by atoms with Crippen LogP contribution >= 0.6 is 0 Å². The van der Waals surface area contributed by atoms with Crippen LogP contribution in [0.1, 0.15) is 43.1 Å². The number of benzene rings is 1. The van der Waals surface area contributed by atoms with E-state index in [0.717, 1.165) is 44.0 Å². The van der Waals surface area contributed by atoms with Crippen molar-refractivity contribution in [1.29, 1.82) is 0 Å². The maximum atomic E-state index is 15.2. The summed E-state index contributed by atoms with van der Waals surface area (Å²) in [6.45, 7) is 3.49. The third-order valence-corrected chi connectivity index (χ3v) is 6.11. The molecule has 1 atom stereocenters. The average Bonchev–Trinajstić information content (AvgIpc) is 2.87. The van der Waals surface area contributed by atoms with Crippen molar-refractivity contribution in [3.63, 3.8) is 0 Å². The first kappa shape index (κ1) is 26.2. The lowest BCUT2D eigenvalue weighted by Gasteiger charge is -2.33. The molecule has 4 rings (SSSR count). The molecule has 1 unspecified atom stereocenters. The molecule has 0 radical (unpaired) electrons. The number of ether oxygens (including phenoxy) is 1. The number of piperidine rings is 1. The second-order valence-corrected chi connectivity index (χ2v) is 8.89. The number of pyridine rings is 2. The third-order valence-electron chi connectivity index (χ3n) is 6.11. The summed E-state index contributed by atoms with van der Waals surface area (Å²) < 4.78 is 50.1. The van der Waals surface area contributed by atoms with Crippen molar-refractivity contribution in [1.82, 2.24) is 9.97 Å². The summed E-state index contributed by atoms with van der Waals surface area (Å²) in [5, 5.41) is 2.69. The first-order chi connectivity index (χ1) is 17.8. The Kier molecular flexibility index (Phi) is 8.12. The summed E-state index contributed by atoms with van der Waals surface area (Å²) in [5.41, 5.74) is 10.9. The van der Waals surface area contributed by atoms with Gasteiger partial charge in [-0.3, -0.25) is 9.78 Å². The maximum absolute atomic E-state index is 15.2. The van der Waals surface area contributed by atoms with E-state index in [9.17, 15) is 13.6 Å². The number of nitrogens with two attached hydrogens (primary N) is 2. The lowest BCUT2D eigenvalue weighted by molar-refractivity contribution is 0.102. The van der Waals surface area contributed by atoms with E-state index in [1.807, 2.05) is 11.8 Å². The van der Waals surface area contributed by atoms with Crippen LogP contribution in [0.3, 0.4) is 0 Å². The van der Waals surface area contributed by atoms with Gasteiger partial charge in [0.2, 0.25) is 0 Å². The molecule has 0 bridgehead atoms. The van der Waals surface area contributed by atoms with Crippen LogP contribution in [0.4, 0.5) is 30.2 Å². The van der Waals surface area contributed by atoms with Gasteiger partial charge in [0, 0.05) is 31.4 Å². The normalized spacial score (nSPS) is 15.5. The minimum Gasteiger partial charge on any atom is -0.490 e. The van der Waals surface area contributed by atoms with E-state index in [1.54, 1.807) is 12.3 Å². The van der Waals surface area contributed by atoms with Crippen molar-refractivity contribution in [2.75, 3.05) is 35.6 Å². The van der Waals surface area contributed by atoms with E-state index in [0.29, 0.717) is 24.3 Å². The molecule has 196 valence electrons. The van der Waals surface area contributed by atoms with E-state index >= 15 is 4.39 Å². The van der Waals surface area contributed by atoms with Crippen LogP contribution in [0, 0.1) is 17.5 Å². The number of anilines is 3. The second-order valence-electron chi connectivity index (χ2n) is 8.89. The molecule has 1 amide bonds. The maximum Gasteiger partial charge on any atom is 0.276 e. The highest BCUT2D eigenvalue weighted by Crippen LogP contribution is 2.34. The number of aromatic nitrogens is 2. The number of rotatable bonds is 8. The van der Waals surface area contributed by atoms with Gasteiger partial charge in [0.1, 0.15) is 11.5 Å². The molecular weight excluding hydrogens is 485 g/mol. The highest BCUT2D eigenvalue weighted by molar-refractivity contribution is 6.08. The number of amides is 1. The molecule has 1 aliphatic heterocycles. The lowest BCUT2D eigenvalue weighted by atomic mass is 10.1. The van der Waals surface area contributed by atoms with Crippen LogP contribution < -0.4 is 26.4 Å². The fourth-order valence-corrected chi connectivity index (χ4v) is 4.22. The highest BCUT2D eigenvalue weighted by atomic mass is 19.1. The van der Waals surface area contributed by atoms with Crippen molar-refractivity contribution in [3.05, 3.63) is 59.8 Å².